The molecular formula is C13H21N3O3. The zero-order valence-electron chi connectivity index (χ0n) is 11.2. The molecule has 0 bridgehead atoms. The van der Waals surface area contributed by atoms with Gasteiger partial charge in [0.25, 0.3) is 5.91 Å². The molecule has 4 amide bonds. The number of amides is 4. The Hall–Kier alpha value is -1.59. The molecule has 106 valence electrons. The highest BCUT2D eigenvalue weighted by Gasteiger charge is 2.30. The van der Waals surface area contributed by atoms with Crippen molar-refractivity contribution in [3.05, 3.63) is 0 Å². The standard InChI is InChI=1S/C13H21N3O3/c1-8-4-2-3-5-9(8)14-11(17)7-6-10-12(18)16-13(19)15-10/h8-10H,2-7H2,1H3,(H,14,17)(H2,15,16,18,19)/t8-,9+,10+/m1/s1. The van der Waals surface area contributed by atoms with Gasteiger partial charge in [0.1, 0.15) is 6.04 Å². The molecule has 0 radical (unpaired) electrons. The third-order valence-electron chi connectivity index (χ3n) is 3.98. The minimum Gasteiger partial charge on any atom is -0.353 e. The lowest BCUT2D eigenvalue weighted by Gasteiger charge is -2.29. The van der Waals surface area contributed by atoms with E-state index in [1.165, 1.54) is 6.42 Å². The number of nitrogens with one attached hydrogen (secondary N) is 3. The van der Waals surface area contributed by atoms with Crippen LogP contribution in [0.5, 0.6) is 0 Å². The Bertz CT molecular complexity index is 383. The maximum Gasteiger partial charge on any atom is 0.322 e. The SMILES string of the molecule is C[C@@H]1CCCC[C@@H]1NC(=O)CC[C@@H]1NC(=O)NC1=O. The summed E-state index contributed by atoms with van der Waals surface area (Å²) in [7, 11) is 0. The van der Waals surface area contributed by atoms with Crippen molar-refractivity contribution < 1.29 is 14.4 Å². The summed E-state index contributed by atoms with van der Waals surface area (Å²) in [6.07, 6.45) is 5.21. The van der Waals surface area contributed by atoms with Crippen molar-refractivity contribution >= 4 is 17.8 Å². The van der Waals surface area contributed by atoms with Crippen LogP contribution in [0.4, 0.5) is 4.79 Å². The molecule has 1 heterocycles. The molecular weight excluding hydrogens is 246 g/mol. The number of imide groups is 1. The Morgan fingerprint density at radius 2 is 2.05 bits per heavy atom. The summed E-state index contributed by atoms with van der Waals surface area (Å²) in [5, 5.41) is 7.69. The Labute approximate surface area is 112 Å². The molecule has 0 aromatic carbocycles. The van der Waals surface area contributed by atoms with Gasteiger partial charge in [-0.25, -0.2) is 4.79 Å². The van der Waals surface area contributed by atoms with Gasteiger partial charge in [-0.05, 0) is 25.2 Å². The van der Waals surface area contributed by atoms with E-state index in [1.54, 1.807) is 0 Å². The van der Waals surface area contributed by atoms with Crippen molar-refractivity contribution in [2.24, 2.45) is 5.92 Å². The predicted octanol–water partition coefficient (Wildman–Crippen LogP) is 0.670. The maximum absolute atomic E-state index is 11.8. The van der Waals surface area contributed by atoms with Crippen LogP contribution in [0.1, 0.15) is 45.4 Å². The van der Waals surface area contributed by atoms with E-state index in [9.17, 15) is 14.4 Å². The lowest BCUT2D eigenvalue weighted by molar-refractivity contribution is -0.123. The van der Waals surface area contributed by atoms with Gasteiger partial charge in [0.2, 0.25) is 5.91 Å². The molecule has 0 aromatic heterocycles. The molecule has 2 fully saturated rings. The molecule has 3 N–H and O–H groups in total. The number of carbonyl (C=O) groups excluding carboxylic acids is 3. The van der Waals surface area contributed by atoms with Crippen molar-refractivity contribution in [2.45, 2.75) is 57.5 Å². The summed E-state index contributed by atoms with van der Waals surface area (Å²) in [6.45, 7) is 2.16. The second-order valence-corrected chi connectivity index (χ2v) is 5.49. The van der Waals surface area contributed by atoms with E-state index >= 15 is 0 Å². The fourth-order valence-corrected chi connectivity index (χ4v) is 2.75. The molecule has 2 aliphatic rings. The fourth-order valence-electron chi connectivity index (χ4n) is 2.75. The van der Waals surface area contributed by atoms with Crippen LogP contribution in [0.15, 0.2) is 0 Å². The highest BCUT2D eigenvalue weighted by Crippen LogP contribution is 2.23. The van der Waals surface area contributed by atoms with Gasteiger partial charge in [-0.15, -0.1) is 0 Å². The van der Waals surface area contributed by atoms with Crippen LogP contribution in [0.3, 0.4) is 0 Å². The first-order valence-corrected chi connectivity index (χ1v) is 6.97. The topological polar surface area (TPSA) is 87.3 Å². The maximum atomic E-state index is 11.8. The molecule has 1 saturated carbocycles. The first-order chi connectivity index (χ1) is 9.06. The zero-order chi connectivity index (χ0) is 13.8. The van der Waals surface area contributed by atoms with Crippen LogP contribution in [0.25, 0.3) is 0 Å². The van der Waals surface area contributed by atoms with E-state index in [2.05, 4.69) is 22.9 Å². The Morgan fingerprint density at radius 1 is 1.32 bits per heavy atom. The first-order valence-electron chi connectivity index (χ1n) is 6.97. The predicted molar refractivity (Wildman–Crippen MR) is 69.3 cm³/mol. The average molecular weight is 267 g/mol. The van der Waals surface area contributed by atoms with Crippen molar-refractivity contribution in [3.8, 4) is 0 Å². The summed E-state index contributed by atoms with van der Waals surface area (Å²) in [5.74, 6) is 0.142. The van der Waals surface area contributed by atoms with E-state index in [-0.39, 0.29) is 24.3 Å². The number of urea groups is 1. The fraction of sp³-hybridized carbons (Fsp3) is 0.769. The highest BCUT2D eigenvalue weighted by molar-refractivity contribution is 6.04. The Kier molecular flexibility index (Phi) is 4.39. The number of hydrogen-bond acceptors (Lipinski definition) is 3. The van der Waals surface area contributed by atoms with Gasteiger partial charge in [0.15, 0.2) is 0 Å². The number of carbonyl (C=O) groups is 3. The van der Waals surface area contributed by atoms with Crippen LogP contribution in [-0.2, 0) is 9.59 Å². The molecule has 2 rings (SSSR count). The van der Waals surface area contributed by atoms with Gasteiger partial charge >= 0.3 is 6.03 Å². The van der Waals surface area contributed by atoms with Crippen LogP contribution in [-0.4, -0.2) is 29.9 Å². The van der Waals surface area contributed by atoms with E-state index in [4.69, 9.17) is 0 Å². The number of hydrogen-bond donors (Lipinski definition) is 3. The minimum absolute atomic E-state index is 0.0345. The average Bonchev–Trinajstić information content (AvgIpc) is 2.68. The van der Waals surface area contributed by atoms with Crippen LogP contribution in [0, 0.1) is 5.92 Å². The van der Waals surface area contributed by atoms with E-state index < -0.39 is 12.1 Å². The van der Waals surface area contributed by atoms with Gasteiger partial charge in [0, 0.05) is 12.5 Å². The van der Waals surface area contributed by atoms with Crippen LogP contribution < -0.4 is 16.0 Å². The quantitative estimate of drug-likeness (QED) is 0.654. The summed E-state index contributed by atoms with van der Waals surface area (Å²) in [5.41, 5.74) is 0. The molecule has 6 heteroatoms. The third-order valence-corrected chi connectivity index (χ3v) is 3.98. The minimum atomic E-state index is -0.568. The van der Waals surface area contributed by atoms with Crippen molar-refractivity contribution in [3.63, 3.8) is 0 Å². The van der Waals surface area contributed by atoms with Gasteiger partial charge in [-0.2, -0.15) is 0 Å². The normalized spacial score (nSPS) is 30.7. The van der Waals surface area contributed by atoms with Crippen molar-refractivity contribution in [2.75, 3.05) is 0 Å². The second-order valence-electron chi connectivity index (χ2n) is 5.49. The van der Waals surface area contributed by atoms with E-state index in [0.717, 1.165) is 19.3 Å². The van der Waals surface area contributed by atoms with E-state index in [0.29, 0.717) is 12.3 Å². The van der Waals surface area contributed by atoms with Crippen molar-refractivity contribution in [1.82, 2.24) is 16.0 Å². The van der Waals surface area contributed by atoms with Crippen molar-refractivity contribution in [1.29, 1.82) is 0 Å². The molecule has 0 unspecified atom stereocenters. The van der Waals surface area contributed by atoms with Gasteiger partial charge < -0.3 is 10.6 Å². The third kappa shape index (κ3) is 3.68. The summed E-state index contributed by atoms with van der Waals surface area (Å²) in [4.78, 5) is 34.1. The van der Waals surface area contributed by atoms with Gasteiger partial charge in [0.05, 0.1) is 0 Å². The molecule has 1 saturated heterocycles. The molecule has 3 atom stereocenters. The largest absolute Gasteiger partial charge is 0.353 e. The molecule has 1 aliphatic heterocycles. The number of rotatable bonds is 4. The van der Waals surface area contributed by atoms with Gasteiger partial charge in [-0.3, -0.25) is 14.9 Å². The Balaban J connectivity index is 1.72. The summed E-state index contributed by atoms with van der Waals surface area (Å²) in [6, 6.07) is -0.786. The molecule has 19 heavy (non-hydrogen) atoms. The lowest BCUT2D eigenvalue weighted by atomic mass is 9.86. The monoisotopic (exact) mass is 267 g/mol. The molecule has 1 aliphatic carbocycles. The summed E-state index contributed by atoms with van der Waals surface area (Å²) >= 11 is 0. The smallest absolute Gasteiger partial charge is 0.322 e. The second kappa shape index (κ2) is 6.04. The zero-order valence-corrected chi connectivity index (χ0v) is 11.2. The first kappa shape index (κ1) is 13.8. The van der Waals surface area contributed by atoms with Crippen LogP contribution in [0.2, 0.25) is 0 Å². The Morgan fingerprint density at radius 3 is 2.68 bits per heavy atom. The molecule has 6 nitrogen and oxygen atoms in total. The highest BCUT2D eigenvalue weighted by atomic mass is 16.2. The van der Waals surface area contributed by atoms with E-state index in [1.807, 2.05) is 0 Å². The van der Waals surface area contributed by atoms with Crippen LogP contribution >= 0.6 is 0 Å². The molecule has 0 spiro atoms. The molecule has 0 aromatic rings. The summed E-state index contributed by atoms with van der Waals surface area (Å²) < 4.78 is 0. The van der Waals surface area contributed by atoms with Gasteiger partial charge in [-0.1, -0.05) is 19.8 Å². The lowest BCUT2D eigenvalue weighted by Crippen LogP contribution is -2.41.